The maximum absolute atomic E-state index is 12.9. The number of ether oxygens (including phenoxy) is 2. The van der Waals surface area contributed by atoms with Crippen molar-refractivity contribution in [2.24, 2.45) is 0 Å². The highest BCUT2D eigenvalue weighted by atomic mass is 79.9. The summed E-state index contributed by atoms with van der Waals surface area (Å²) in [6, 6.07) is 11.3. The van der Waals surface area contributed by atoms with Crippen molar-refractivity contribution in [3.8, 4) is 11.8 Å². The molecule has 7 heteroatoms. The van der Waals surface area contributed by atoms with Crippen LogP contribution in [0.2, 0.25) is 0 Å². The highest BCUT2D eigenvalue weighted by molar-refractivity contribution is 9.11. The highest BCUT2D eigenvalue weighted by Gasteiger charge is 2.13. The quantitative estimate of drug-likeness (QED) is 0.314. The molecule has 2 aromatic rings. The topological polar surface area (TPSA) is 59.3 Å². The Morgan fingerprint density at radius 2 is 1.85 bits per heavy atom. The van der Waals surface area contributed by atoms with E-state index in [9.17, 15) is 9.18 Å². The van der Waals surface area contributed by atoms with Gasteiger partial charge in [0.05, 0.1) is 15.6 Å². The molecule has 0 radical (unpaired) electrons. The van der Waals surface area contributed by atoms with E-state index < -0.39 is 5.97 Å². The Morgan fingerprint density at radius 3 is 2.38 bits per heavy atom. The lowest BCUT2D eigenvalue weighted by atomic mass is 10.1. The van der Waals surface area contributed by atoms with Crippen molar-refractivity contribution in [3.05, 3.63) is 67.9 Å². The maximum Gasteiger partial charge on any atom is 0.348 e. The van der Waals surface area contributed by atoms with Crippen molar-refractivity contribution < 1.29 is 18.7 Å². The second kappa shape index (κ2) is 9.51. The van der Waals surface area contributed by atoms with Gasteiger partial charge in [0.2, 0.25) is 0 Å². The molecule has 0 atom stereocenters. The van der Waals surface area contributed by atoms with Gasteiger partial charge in [0.25, 0.3) is 0 Å². The molecule has 0 saturated heterocycles. The number of carbonyl (C=O) groups excluding carboxylic acids is 1. The van der Waals surface area contributed by atoms with Crippen molar-refractivity contribution in [1.82, 2.24) is 0 Å². The zero-order chi connectivity index (χ0) is 19.1. The second-order valence-electron chi connectivity index (χ2n) is 5.12. The molecule has 134 valence electrons. The number of rotatable bonds is 6. The fourth-order valence-electron chi connectivity index (χ4n) is 2.05. The van der Waals surface area contributed by atoms with Gasteiger partial charge in [0, 0.05) is 0 Å². The molecule has 0 bridgehead atoms. The van der Waals surface area contributed by atoms with Crippen molar-refractivity contribution >= 4 is 43.9 Å². The fraction of sp³-hybridized carbons (Fsp3) is 0.158. The zero-order valence-electron chi connectivity index (χ0n) is 13.8. The number of halogens is 3. The molecule has 0 aliphatic carbocycles. The summed E-state index contributed by atoms with van der Waals surface area (Å²) in [6.07, 6.45) is 1.44. The van der Waals surface area contributed by atoms with Gasteiger partial charge in [-0.1, -0.05) is 12.1 Å². The largest absolute Gasteiger partial charge is 0.487 e. The Kier molecular flexibility index (Phi) is 7.37. The van der Waals surface area contributed by atoms with Crippen molar-refractivity contribution in [2.75, 3.05) is 6.61 Å². The molecule has 0 unspecified atom stereocenters. The first-order valence-corrected chi connectivity index (χ1v) is 9.18. The summed E-state index contributed by atoms with van der Waals surface area (Å²) < 4.78 is 24.8. The Morgan fingerprint density at radius 1 is 1.23 bits per heavy atom. The van der Waals surface area contributed by atoms with E-state index in [1.165, 1.54) is 18.2 Å². The third kappa shape index (κ3) is 5.41. The average molecular weight is 483 g/mol. The maximum atomic E-state index is 12.9. The van der Waals surface area contributed by atoms with Gasteiger partial charge in [-0.15, -0.1) is 0 Å². The lowest BCUT2D eigenvalue weighted by Gasteiger charge is -2.11. The van der Waals surface area contributed by atoms with Crippen molar-refractivity contribution in [1.29, 1.82) is 5.26 Å². The fourth-order valence-corrected chi connectivity index (χ4v) is 3.50. The minimum atomic E-state index is -0.668. The summed E-state index contributed by atoms with van der Waals surface area (Å²) in [7, 11) is 0. The van der Waals surface area contributed by atoms with Crippen LogP contribution < -0.4 is 4.74 Å². The third-order valence-electron chi connectivity index (χ3n) is 3.24. The molecular weight excluding hydrogens is 469 g/mol. The number of hydrogen-bond acceptors (Lipinski definition) is 4. The molecule has 0 aliphatic rings. The first-order chi connectivity index (χ1) is 12.4. The van der Waals surface area contributed by atoms with E-state index in [1.54, 1.807) is 31.2 Å². The van der Waals surface area contributed by atoms with Crippen LogP contribution in [-0.4, -0.2) is 12.6 Å². The highest BCUT2D eigenvalue weighted by Crippen LogP contribution is 2.36. The van der Waals surface area contributed by atoms with E-state index >= 15 is 0 Å². The van der Waals surface area contributed by atoms with Crippen LogP contribution in [0.4, 0.5) is 4.39 Å². The van der Waals surface area contributed by atoms with Crippen molar-refractivity contribution in [3.63, 3.8) is 0 Å². The predicted molar refractivity (Wildman–Crippen MR) is 103 cm³/mol. The SMILES string of the molecule is CCOC(=O)/C(C#N)=C\c1cc(Br)c(OCc2ccc(F)cc2)c(Br)c1. The van der Waals surface area contributed by atoms with Crippen LogP contribution in [-0.2, 0) is 16.1 Å². The molecule has 0 saturated carbocycles. The normalized spacial score (nSPS) is 11.0. The molecule has 0 N–H and O–H groups in total. The monoisotopic (exact) mass is 481 g/mol. The second-order valence-corrected chi connectivity index (χ2v) is 6.83. The van der Waals surface area contributed by atoms with Crippen LogP contribution in [0.25, 0.3) is 6.08 Å². The summed E-state index contributed by atoms with van der Waals surface area (Å²) in [4.78, 5) is 11.7. The van der Waals surface area contributed by atoms with E-state index in [2.05, 4.69) is 31.9 Å². The minimum absolute atomic E-state index is 0.0920. The summed E-state index contributed by atoms with van der Waals surface area (Å²) >= 11 is 6.84. The van der Waals surface area contributed by atoms with Crippen molar-refractivity contribution in [2.45, 2.75) is 13.5 Å². The van der Waals surface area contributed by atoms with Gasteiger partial charge in [-0.25, -0.2) is 9.18 Å². The molecular formula is C19H14Br2FNO3. The van der Waals surface area contributed by atoms with E-state index in [0.29, 0.717) is 20.3 Å². The van der Waals surface area contributed by atoms with Crippen LogP contribution >= 0.6 is 31.9 Å². The summed E-state index contributed by atoms with van der Waals surface area (Å²) in [6.45, 7) is 2.13. The van der Waals surface area contributed by atoms with Gasteiger partial charge >= 0.3 is 5.97 Å². The Labute approximate surface area is 167 Å². The van der Waals surface area contributed by atoms with Crippen LogP contribution in [0.15, 0.2) is 50.9 Å². The standard InChI is InChI=1S/C19H14Br2FNO3/c1-2-25-19(24)14(10-23)7-13-8-16(20)18(17(21)9-13)26-11-12-3-5-15(22)6-4-12/h3-9H,2,11H2,1H3/b14-7-. The molecule has 2 aromatic carbocycles. The molecule has 0 fully saturated rings. The summed E-state index contributed by atoms with van der Waals surface area (Å²) in [5.41, 5.74) is 1.36. The molecule has 0 aliphatic heterocycles. The van der Waals surface area contributed by atoms with E-state index in [1.807, 2.05) is 6.07 Å². The first kappa shape index (κ1) is 20.1. The number of esters is 1. The van der Waals surface area contributed by atoms with Crippen LogP contribution in [0.5, 0.6) is 5.75 Å². The van der Waals surface area contributed by atoms with Gasteiger partial charge in [0.1, 0.15) is 29.8 Å². The molecule has 4 nitrogen and oxygen atoms in total. The average Bonchev–Trinajstić information content (AvgIpc) is 2.60. The van der Waals surface area contributed by atoms with E-state index in [0.717, 1.165) is 5.56 Å². The molecule has 0 aromatic heterocycles. The molecule has 2 rings (SSSR count). The Balaban J connectivity index is 2.20. The Hall–Kier alpha value is -2.17. The van der Waals surface area contributed by atoms with Gasteiger partial charge in [-0.3, -0.25) is 0 Å². The number of hydrogen-bond donors (Lipinski definition) is 0. The summed E-state index contributed by atoms with van der Waals surface area (Å²) in [5.74, 6) is -0.415. The number of nitrogens with zero attached hydrogens (tertiary/aromatic N) is 1. The van der Waals surface area contributed by atoms with E-state index in [4.69, 9.17) is 14.7 Å². The number of benzene rings is 2. The smallest absolute Gasteiger partial charge is 0.348 e. The van der Waals surface area contributed by atoms with Crippen LogP contribution in [0.3, 0.4) is 0 Å². The van der Waals surface area contributed by atoms with Crippen LogP contribution in [0, 0.1) is 17.1 Å². The predicted octanol–water partition coefficient (Wildman–Crippen LogP) is 5.40. The van der Waals surface area contributed by atoms with Gasteiger partial charge in [-0.05, 0) is 80.3 Å². The van der Waals surface area contributed by atoms with E-state index in [-0.39, 0.29) is 24.6 Å². The Bertz CT molecular complexity index is 850. The molecule has 0 heterocycles. The lowest BCUT2D eigenvalue weighted by molar-refractivity contribution is -0.137. The first-order valence-electron chi connectivity index (χ1n) is 7.59. The summed E-state index contributed by atoms with van der Waals surface area (Å²) in [5, 5.41) is 9.11. The minimum Gasteiger partial charge on any atom is -0.487 e. The number of nitriles is 1. The number of carbonyl (C=O) groups is 1. The molecule has 26 heavy (non-hydrogen) atoms. The third-order valence-corrected chi connectivity index (χ3v) is 4.42. The molecule has 0 amide bonds. The van der Waals surface area contributed by atoms with Crippen LogP contribution in [0.1, 0.15) is 18.1 Å². The van der Waals surface area contributed by atoms with Gasteiger partial charge in [0.15, 0.2) is 0 Å². The van der Waals surface area contributed by atoms with Gasteiger partial charge < -0.3 is 9.47 Å². The van der Waals surface area contributed by atoms with Gasteiger partial charge in [-0.2, -0.15) is 5.26 Å². The zero-order valence-corrected chi connectivity index (χ0v) is 16.9. The lowest BCUT2D eigenvalue weighted by Crippen LogP contribution is -2.06. The molecule has 0 spiro atoms.